The van der Waals surface area contributed by atoms with E-state index < -0.39 is 0 Å². The van der Waals surface area contributed by atoms with Gasteiger partial charge in [0.05, 0.1) is 5.39 Å². The highest BCUT2D eigenvalue weighted by Gasteiger charge is 2.44. The van der Waals surface area contributed by atoms with Crippen LogP contribution in [0, 0.1) is 5.41 Å². The smallest absolute Gasteiger partial charge is 0.140 e. The van der Waals surface area contributed by atoms with Crippen LogP contribution in [-0.4, -0.2) is 41.0 Å². The highest BCUT2D eigenvalue weighted by molar-refractivity contribution is 7.18. The van der Waals surface area contributed by atoms with Gasteiger partial charge in [-0.25, -0.2) is 9.97 Å². The molecule has 1 aromatic carbocycles. The van der Waals surface area contributed by atoms with Gasteiger partial charge in [-0.3, -0.25) is 4.90 Å². The van der Waals surface area contributed by atoms with Gasteiger partial charge in [-0.05, 0) is 37.4 Å². The topological polar surface area (TPSA) is 32.3 Å². The van der Waals surface area contributed by atoms with E-state index in [9.17, 15) is 0 Å². The number of benzene rings is 1. The zero-order chi connectivity index (χ0) is 18.3. The molecule has 5 heteroatoms. The third kappa shape index (κ3) is 3.23. The second-order valence-corrected chi connectivity index (χ2v) is 9.22. The summed E-state index contributed by atoms with van der Waals surface area (Å²) in [5.41, 5.74) is 1.85. The summed E-state index contributed by atoms with van der Waals surface area (Å²) < 4.78 is 0. The van der Waals surface area contributed by atoms with E-state index in [0.29, 0.717) is 5.41 Å². The number of nitrogens with zero attached hydrogens (tertiary/aromatic N) is 4. The van der Waals surface area contributed by atoms with E-state index in [2.05, 4.69) is 63.1 Å². The maximum absolute atomic E-state index is 4.69. The molecule has 0 saturated carbocycles. The first-order valence-electron chi connectivity index (χ1n) is 9.99. The SMILES string of the molecule is CCc1cc2c(N3CC[C@]4(CCN(Cc5ccccc5)C4)C3)ncnc2s1. The summed E-state index contributed by atoms with van der Waals surface area (Å²) in [6.07, 6.45) is 5.39. The Kier molecular flexibility index (Phi) is 4.37. The summed E-state index contributed by atoms with van der Waals surface area (Å²) in [7, 11) is 0. The van der Waals surface area contributed by atoms with Crippen molar-refractivity contribution in [2.75, 3.05) is 31.1 Å². The maximum Gasteiger partial charge on any atom is 0.140 e. The Morgan fingerprint density at radius 1 is 1.07 bits per heavy atom. The number of likely N-dealkylation sites (tertiary alicyclic amines) is 1. The molecule has 0 aliphatic carbocycles. The standard InChI is InChI=1S/C22H26N4S/c1-2-18-12-19-20(23-16-24-21(19)27-18)26-11-9-22(15-26)8-10-25(14-22)13-17-6-4-3-5-7-17/h3-7,12,16H,2,8-11,13-15H2,1H3/t22-/m0/s1. The molecular formula is C22H26N4S. The Morgan fingerprint density at radius 3 is 2.78 bits per heavy atom. The lowest BCUT2D eigenvalue weighted by atomic mass is 9.86. The van der Waals surface area contributed by atoms with E-state index in [1.165, 1.54) is 41.8 Å². The highest BCUT2D eigenvalue weighted by Crippen LogP contribution is 2.42. The predicted octanol–water partition coefficient (Wildman–Crippen LogP) is 4.36. The molecule has 0 radical (unpaired) electrons. The van der Waals surface area contributed by atoms with E-state index in [1.54, 1.807) is 6.33 Å². The summed E-state index contributed by atoms with van der Waals surface area (Å²) in [6, 6.07) is 13.2. The summed E-state index contributed by atoms with van der Waals surface area (Å²) in [4.78, 5) is 16.9. The van der Waals surface area contributed by atoms with E-state index in [1.807, 2.05) is 11.3 Å². The molecule has 0 N–H and O–H groups in total. The molecule has 2 saturated heterocycles. The van der Waals surface area contributed by atoms with Gasteiger partial charge in [0.1, 0.15) is 17.0 Å². The Labute approximate surface area is 164 Å². The number of hydrogen-bond acceptors (Lipinski definition) is 5. The summed E-state index contributed by atoms with van der Waals surface area (Å²) in [5, 5.41) is 1.25. The molecule has 140 valence electrons. The van der Waals surface area contributed by atoms with E-state index in [0.717, 1.165) is 36.7 Å². The molecular weight excluding hydrogens is 352 g/mol. The molecule has 2 aliphatic heterocycles. The number of hydrogen-bond donors (Lipinski definition) is 0. The van der Waals surface area contributed by atoms with Crippen LogP contribution in [0.1, 0.15) is 30.2 Å². The highest BCUT2D eigenvalue weighted by atomic mass is 32.1. The normalized spacial score (nSPS) is 23.1. The molecule has 4 nitrogen and oxygen atoms in total. The minimum Gasteiger partial charge on any atom is -0.355 e. The third-order valence-electron chi connectivity index (χ3n) is 6.21. The van der Waals surface area contributed by atoms with Crippen molar-refractivity contribution in [2.24, 2.45) is 5.41 Å². The van der Waals surface area contributed by atoms with Gasteiger partial charge in [0.2, 0.25) is 0 Å². The summed E-state index contributed by atoms with van der Waals surface area (Å²) >= 11 is 1.81. The zero-order valence-corrected chi connectivity index (χ0v) is 16.7. The van der Waals surface area contributed by atoms with Crippen LogP contribution >= 0.6 is 11.3 Å². The van der Waals surface area contributed by atoms with E-state index in [4.69, 9.17) is 0 Å². The largest absolute Gasteiger partial charge is 0.355 e. The molecule has 0 bridgehead atoms. The van der Waals surface area contributed by atoms with E-state index >= 15 is 0 Å². The van der Waals surface area contributed by atoms with Gasteiger partial charge >= 0.3 is 0 Å². The maximum atomic E-state index is 4.69. The molecule has 2 fully saturated rings. The van der Waals surface area contributed by atoms with Crippen LogP contribution in [0.2, 0.25) is 0 Å². The zero-order valence-electron chi connectivity index (χ0n) is 15.9. The van der Waals surface area contributed by atoms with Gasteiger partial charge in [-0.1, -0.05) is 37.3 Å². The third-order valence-corrected chi connectivity index (χ3v) is 7.40. The predicted molar refractivity (Wildman–Crippen MR) is 112 cm³/mol. The van der Waals surface area contributed by atoms with Crippen LogP contribution in [-0.2, 0) is 13.0 Å². The molecule has 4 heterocycles. The Morgan fingerprint density at radius 2 is 1.93 bits per heavy atom. The molecule has 2 aromatic heterocycles. The minimum absolute atomic E-state index is 0.426. The molecule has 27 heavy (non-hydrogen) atoms. The van der Waals surface area contributed by atoms with Crippen LogP contribution in [0.25, 0.3) is 10.2 Å². The first-order valence-corrected chi connectivity index (χ1v) is 10.8. The number of aromatic nitrogens is 2. The number of thiophene rings is 1. The number of rotatable bonds is 4. The van der Waals surface area contributed by atoms with Crippen molar-refractivity contribution < 1.29 is 0 Å². The fourth-order valence-corrected chi connectivity index (χ4v) is 5.70. The van der Waals surface area contributed by atoms with Crippen molar-refractivity contribution in [3.63, 3.8) is 0 Å². The Bertz CT molecular complexity index is 938. The molecule has 3 aromatic rings. The average Bonchev–Trinajstić information content (AvgIpc) is 3.41. The van der Waals surface area contributed by atoms with Crippen molar-refractivity contribution in [1.82, 2.24) is 14.9 Å². The van der Waals surface area contributed by atoms with Crippen LogP contribution in [0.15, 0.2) is 42.7 Å². The lowest BCUT2D eigenvalue weighted by Gasteiger charge is -2.25. The van der Waals surface area contributed by atoms with Gasteiger partial charge in [-0.15, -0.1) is 11.3 Å². The van der Waals surface area contributed by atoms with Crippen molar-refractivity contribution in [3.05, 3.63) is 53.2 Å². The van der Waals surface area contributed by atoms with Crippen molar-refractivity contribution in [2.45, 2.75) is 32.7 Å². The minimum atomic E-state index is 0.426. The van der Waals surface area contributed by atoms with Gasteiger partial charge in [-0.2, -0.15) is 0 Å². The van der Waals surface area contributed by atoms with Gasteiger partial charge < -0.3 is 4.90 Å². The monoisotopic (exact) mass is 378 g/mol. The summed E-state index contributed by atoms with van der Waals surface area (Å²) in [5.74, 6) is 1.15. The van der Waals surface area contributed by atoms with Crippen LogP contribution in [0.4, 0.5) is 5.82 Å². The molecule has 1 atom stereocenters. The first-order chi connectivity index (χ1) is 13.2. The molecule has 0 unspecified atom stereocenters. The molecule has 2 aliphatic rings. The van der Waals surface area contributed by atoms with Crippen molar-refractivity contribution >= 4 is 27.4 Å². The van der Waals surface area contributed by atoms with Gasteiger partial charge in [0.25, 0.3) is 0 Å². The van der Waals surface area contributed by atoms with E-state index in [-0.39, 0.29) is 0 Å². The number of fused-ring (bicyclic) bond motifs is 1. The molecule has 0 amide bonds. The molecule has 5 rings (SSSR count). The molecule has 1 spiro atoms. The second kappa shape index (κ2) is 6.88. The van der Waals surface area contributed by atoms with Gasteiger partial charge in [0, 0.05) is 36.5 Å². The van der Waals surface area contributed by atoms with Crippen molar-refractivity contribution in [1.29, 1.82) is 0 Å². The van der Waals surface area contributed by atoms with Crippen LogP contribution < -0.4 is 4.90 Å². The lowest BCUT2D eigenvalue weighted by molar-refractivity contribution is 0.270. The average molecular weight is 379 g/mol. The lowest BCUT2D eigenvalue weighted by Crippen LogP contribution is -2.31. The quantitative estimate of drug-likeness (QED) is 0.675. The first kappa shape index (κ1) is 17.1. The fraction of sp³-hybridized carbons (Fsp3) is 0.455. The number of aryl methyl sites for hydroxylation is 1. The Hall–Kier alpha value is -1.98. The van der Waals surface area contributed by atoms with Crippen molar-refractivity contribution in [3.8, 4) is 0 Å². The van der Waals surface area contributed by atoms with Crippen LogP contribution in [0.3, 0.4) is 0 Å². The number of anilines is 1. The fourth-order valence-electron chi connectivity index (χ4n) is 4.77. The Balaban J connectivity index is 1.32. The second-order valence-electron chi connectivity index (χ2n) is 8.10. The van der Waals surface area contributed by atoms with Gasteiger partial charge in [0.15, 0.2) is 0 Å². The summed E-state index contributed by atoms with van der Waals surface area (Å²) in [6.45, 7) is 7.94. The van der Waals surface area contributed by atoms with Crippen LogP contribution in [0.5, 0.6) is 0 Å².